The van der Waals surface area contributed by atoms with Gasteiger partial charge in [0, 0.05) is 31.5 Å². The van der Waals surface area contributed by atoms with E-state index in [4.69, 9.17) is 0 Å². The molecule has 0 saturated carbocycles. The van der Waals surface area contributed by atoms with Crippen LogP contribution in [-0.2, 0) is 19.3 Å². The molecule has 2 heterocycles. The van der Waals surface area contributed by atoms with E-state index in [0.29, 0.717) is 18.7 Å². The van der Waals surface area contributed by atoms with Crippen molar-refractivity contribution in [3.8, 4) is 0 Å². The topological polar surface area (TPSA) is 8.17 Å². The van der Waals surface area contributed by atoms with Crippen LogP contribution in [0.4, 0.5) is 17.6 Å². The largest absolute Gasteiger partial charge is 0.416 e. The number of hydrogen-bond donors (Lipinski definition) is 0. The number of aryl methyl sites for hydroxylation is 1. The molecule has 1 aliphatic rings. The van der Waals surface area contributed by atoms with Gasteiger partial charge in [-0.3, -0.25) is 4.90 Å². The number of rotatable bonds is 3. The molecule has 6 heteroatoms. The quantitative estimate of drug-likeness (QED) is 0.527. The van der Waals surface area contributed by atoms with Gasteiger partial charge in [0.1, 0.15) is 5.82 Å². The molecule has 2 nitrogen and oxygen atoms in total. The third-order valence-corrected chi connectivity index (χ3v) is 5.16. The Labute approximate surface area is 161 Å². The molecule has 0 saturated heterocycles. The van der Waals surface area contributed by atoms with E-state index in [1.54, 1.807) is 12.1 Å². The Kier molecular flexibility index (Phi) is 4.98. The number of fused-ring (bicyclic) bond motifs is 1. The zero-order valence-corrected chi connectivity index (χ0v) is 15.2. The zero-order valence-electron chi connectivity index (χ0n) is 15.2. The Morgan fingerprint density at radius 3 is 2.54 bits per heavy atom. The van der Waals surface area contributed by atoms with Crippen molar-refractivity contribution in [3.05, 3.63) is 95.1 Å². The summed E-state index contributed by atoms with van der Waals surface area (Å²) in [5.74, 6) is -0.320. The molecule has 0 unspecified atom stereocenters. The van der Waals surface area contributed by atoms with Gasteiger partial charge in [-0.1, -0.05) is 30.3 Å². The highest BCUT2D eigenvalue weighted by molar-refractivity contribution is 5.31. The highest BCUT2D eigenvalue weighted by Crippen LogP contribution is 2.34. The van der Waals surface area contributed by atoms with Crippen molar-refractivity contribution < 1.29 is 17.6 Å². The predicted molar refractivity (Wildman–Crippen MR) is 99.1 cm³/mol. The second kappa shape index (κ2) is 7.43. The van der Waals surface area contributed by atoms with Crippen LogP contribution in [-0.4, -0.2) is 16.0 Å². The fourth-order valence-corrected chi connectivity index (χ4v) is 3.95. The van der Waals surface area contributed by atoms with Crippen molar-refractivity contribution in [2.45, 2.75) is 31.7 Å². The standard InChI is InChI=1S/C22H20F4N2/c23-19-8-2-6-17(14-19)21-20-9-3-10-27(20)11-4-12-28(21)15-16-5-1-7-18(13-16)22(24,25)26/h1-3,5-10,13-14,21H,4,11-12,15H2/t21-/m1/s1. The Morgan fingerprint density at radius 2 is 1.75 bits per heavy atom. The number of alkyl halides is 3. The van der Waals surface area contributed by atoms with Gasteiger partial charge in [-0.2, -0.15) is 13.2 Å². The molecule has 4 rings (SSSR count). The number of hydrogen-bond acceptors (Lipinski definition) is 1. The van der Waals surface area contributed by atoms with E-state index in [1.807, 2.05) is 24.4 Å². The molecule has 1 aliphatic heterocycles. The molecule has 2 aromatic carbocycles. The lowest BCUT2D eigenvalue weighted by Crippen LogP contribution is -2.29. The van der Waals surface area contributed by atoms with Gasteiger partial charge in [0.2, 0.25) is 0 Å². The van der Waals surface area contributed by atoms with E-state index >= 15 is 0 Å². The summed E-state index contributed by atoms with van der Waals surface area (Å²) >= 11 is 0. The fourth-order valence-electron chi connectivity index (χ4n) is 3.95. The zero-order chi connectivity index (χ0) is 19.7. The maximum atomic E-state index is 13.9. The maximum absolute atomic E-state index is 13.9. The van der Waals surface area contributed by atoms with Crippen molar-refractivity contribution in [3.63, 3.8) is 0 Å². The first-order valence-electron chi connectivity index (χ1n) is 9.22. The molecule has 28 heavy (non-hydrogen) atoms. The van der Waals surface area contributed by atoms with Gasteiger partial charge >= 0.3 is 6.18 Å². The van der Waals surface area contributed by atoms with Crippen molar-refractivity contribution in [1.82, 2.24) is 9.47 Å². The van der Waals surface area contributed by atoms with Crippen LogP contribution in [0.2, 0.25) is 0 Å². The molecular weight excluding hydrogens is 368 g/mol. The second-order valence-corrected chi connectivity index (χ2v) is 7.11. The van der Waals surface area contributed by atoms with Crippen molar-refractivity contribution in [2.75, 3.05) is 6.54 Å². The monoisotopic (exact) mass is 388 g/mol. The summed E-state index contributed by atoms with van der Waals surface area (Å²) in [5.41, 5.74) is 1.77. The summed E-state index contributed by atoms with van der Waals surface area (Å²) in [5, 5.41) is 0. The molecule has 0 N–H and O–H groups in total. The molecule has 0 radical (unpaired) electrons. The van der Waals surface area contributed by atoms with E-state index in [-0.39, 0.29) is 11.9 Å². The Balaban J connectivity index is 1.72. The highest BCUT2D eigenvalue weighted by Gasteiger charge is 2.31. The Morgan fingerprint density at radius 1 is 0.929 bits per heavy atom. The van der Waals surface area contributed by atoms with Gasteiger partial charge in [0.25, 0.3) is 0 Å². The lowest BCUT2D eigenvalue weighted by atomic mass is 10.0. The molecule has 0 bridgehead atoms. The molecular formula is C22H20F4N2. The third-order valence-electron chi connectivity index (χ3n) is 5.16. The summed E-state index contributed by atoms with van der Waals surface area (Å²) in [4.78, 5) is 2.13. The van der Waals surface area contributed by atoms with Crippen LogP contribution in [0.5, 0.6) is 0 Å². The smallest absolute Gasteiger partial charge is 0.350 e. The van der Waals surface area contributed by atoms with Crippen LogP contribution in [0, 0.1) is 5.82 Å². The SMILES string of the molecule is Fc1cccc([C@@H]2c3cccn3CCCN2Cc2cccc(C(F)(F)F)c2)c1. The van der Waals surface area contributed by atoms with Crippen molar-refractivity contribution in [2.24, 2.45) is 0 Å². The minimum absolute atomic E-state index is 0.220. The highest BCUT2D eigenvalue weighted by atomic mass is 19.4. The molecule has 0 amide bonds. The van der Waals surface area contributed by atoms with Gasteiger partial charge in [-0.15, -0.1) is 0 Å². The van der Waals surface area contributed by atoms with Gasteiger partial charge in [-0.05, 0) is 47.9 Å². The minimum atomic E-state index is -4.37. The van der Waals surface area contributed by atoms with Gasteiger partial charge < -0.3 is 4.57 Å². The van der Waals surface area contributed by atoms with Crippen LogP contribution in [0.1, 0.15) is 34.8 Å². The molecule has 1 aromatic heterocycles. The van der Waals surface area contributed by atoms with Gasteiger partial charge in [0.05, 0.1) is 11.6 Å². The number of benzene rings is 2. The van der Waals surface area contributed by atoms with Crippen LogP contribution >= 0.6 is 0 Å². The number of halogens is 4. The first-order valence-corrected chi connectivity index (χ1v) is 9.22. The number of nitrogens with zero attached hydrogens (tertiary/aromatic N) is 2. The van der Waals surface area contributed by atoms with E-state index in [9.17, 15) is 17.6 Å². The van der Waals surface area contributed by atoms with Crippen LogP contribution in [0.25, 0.3) is 0 Å². The second-order valence-electron chi connectivity index (χ2n) is 7.11. The normalized spacial score (nSPS) is 17.9. The molecule has 0 aliphatic carbocycles. The summed E-state index contributed by atoms with van der Waals surface area (Å²) in [7, 11) is 0. The van der Waals surface area contributed by atoms with Crippen molar-refractivity contribution in [1.29, 1.82) is 0 Å². The molecule has 1 atom stereocenters. The minimum Gasteiger partial charge on any atom is -0.350 e. The first-order chi connectivity index (χ1) is 13.4. The van der Waals surface area contributed by atoms with E-state index in [0.717, 1.165) is 30.3 Å². The molecule has 3 aromatic rings. The Bertz CT molecular complexity index is 961. The van der Waals surface area contributed by atoms with E-state index < -0.39 is 11.7 Å². The van der Waals surface area contributed by atoms with E-state index in [1.165, 1.54) is 24.3 Å². The van der Waals surface area contributed by atoms with Crippen molar-refractivity contribution >= 4 is 0 Å². The molecule has 0 spiro atoms. The fraction of sp³-hybridized carbons (Fsp3) is 0.273. The predicted octanol–water partition coefficient (Wildman–Crippen LogP) is 5.64. The molecule has 146 valence electrons. The molecule has 0 fully saturated rings. The lowest BCUT2D eigenvalue weighted by molar-refractivity contribution is -0.137. The Hall–Kier alpha value is -2.60. The lowest BCUT2D eigenvalue weighted by Gasteiger charge is -2.31. The first kappa shape index (κ1) is 18.7. The average Bonchev–Trinajstić information content (AvgIpc) is 3.03. The summed E-state index contributed by atoms with van der Waals surface area (Å²) < 4.78 is 55.3. The number of aromatic nitrogens is 1. The van der Waals surface area contributed by atoms with Gasteiger partial charge in [0.15, 0.2) is 0 Å². The maximum Gasteiger partial charge on any atom is 0.416 e. The summed E-state index contributed by atoms with van der Waals surface area (Å²) in [6, 6.07) is 15.6. The van der Waals surface area contributed by atoms with Crippen LogP contribution in [0.3, 0.4) is 0 Å². The van der Waals surface area contributed by atoms with Crippen LogP contribution in [0.15, 0.2) is 66.9 Å². The third kappa shape index (κ3) is 3.83. The average molecular weight is 388 g/mol. The summed E-state index contributed by atoms with van der Waals surface area (Å²) in [6.45, 7) is 1.89. The summed E-state index contributed by atoms with van der Waals surface area (Å²) in [6.07, 6.45) is -1.51. The van der Waals surface area contributed by atoms with E-state index in [2.05, 4.69) is 9.47 Å². The van der Waals surface area contributed by atoms with Gasteiger partial charge in [-0.25, -0.2) is 4.39 Å². The van der Waals surface area contributed by atoms with Crippen LogP contribution < -0.4 is 0 Å².